The molecule has 5 rings (SSSR count). The lowest BCUT2D eigenvalue weighted by Crippen LogP contribution is -1.72. The highest BCUT2D eigenvalue weighted by molar-refractivity contribution is 6.33. The number of nitrogens with one attached hydrogen (secondary N) is 2. The standard InChI is InChI=1S/C18H10Cl2N2/c19-9-2-6-15-14(7-9)13-5-4-12-11-3-1-10(20)8-16(11)22-17(12)18(13)21-15/h1-8,21-22H. The molecule has 0 aliphatic rings. The first-order chi connectivity index (χ1) is 10.7. The number of fused-ring (bicyclic) bond motifs is 7. The van der Waals surface area contributed by atoms with Crippen molar-refractivity contribution in [3.8, 4) is 0 Å². The molecule has 0 bridgehead atoms. The molecular weight excluding hydrogens is 315 g/mol. The normalized spacial score (nSPS) is 12.1. The molecular formula is C18H10Cl2N2. The number of halogens is 2. The second-order valence-corrected chi connectivity index (χ2v) is 6.41. The number of hydrogen-bond donors (Lipinski definition) is 2. The molecule has 2 heterocycles. The molecule has 106 valence electrons. The maximum Gasteiger partial charge on any atom is 0.0710 e. The van der Waals surface area contributed by atoms with E-state index in [1.165, 1.54) is 16.2 Å². The number of benzene rings is 3. The van der Waals surface area contributed by atoms with E-state index < -0.39 is 0 Å². The fraction of sp³-hybridized carbons (Fsp3) is 0. The average Bonchev–Trinajstić information content (AvgIpc) is 3.04. The molecule has 3 aromatic carbocycles. The van der Waals surface area contributed by atoms with Crippen LogP contribution < -0.4 is 0 Å². The molecule has 0 amide bonds. The van der Waals surface area contributed by atoms with Gasteiger partial charge in [0.2, 0.25) is 0 Å². The van der Waals surface area contributed by atoms with Crippen LogP contribution in [0.25, 0.3) is 43.6 Å². The third kappa shape index (κ3) is 1.57. The van der Waals surface area contributed by atoms with Crippen LogP contribution in [-0.4, -0.2) is 9.97 Å². The first-order valence-corrected chi connectivity index (χ1v) is 7.77. The quantitative estimate of drug-likeness (QED) is 0.337. The zero-order valence-electron chi connectivity index (χ0n) is 11.4. The molecule has 2 aromatic heterocycles. The van der Waals surface area contributed by atoms with Gasteiger partial charge in [0, 0.05) is 42.6 Å². The van der Waals surface area contributed by atoms with Gasteiger partial charge in [0.25, 0.3) is 0 Å². The highest BCUT2D eigenvalue weighted by atomic mass is 35.5. The summed E-state index contributed by atoms with van der Waals surface area (Å²) in [6.45, 7) is 0. The zero-order chi connectivity index (χ0) is 14.8. The van der Waals surface area contributed by atoms with E-state index >= 15 is 0 Å². The molecule has 2 nitrogen and oxygen atoms in total. The van der Waals surface area contributed by atoms with Crippen molar-refractivity contribution in [3.05, 3.63) is 58.6 Å². The first kappa shape index (κ1) is 12.4. The van der Waals surface area contributed by atoms with E-state index in [9.17, 15) is 0 Å². The van der Waals surface area contributed by atoms with Crippen LogP contribution in [0.4, 0.5) is 0 Å². The lowest BCUT2D eigenvalue weighted by molar-refractivity contribution is 1.51. The lowest BCUT2D eigenvalue weighted by Gasteiger charge is -1.94. The third-order valence-corrected chi connectivity index (χ3v) is 4.74. The molecule has 0 aliphatic carbocycles. The molecule has 0 radical (unpaired) electrons. The number of aromatic nitrogens is 2. The minimum Gasteiger partial charge on any atom is -0.353 e. The largest absolute Gasteiger partial charge is 0.353 e. The summed E-state index contributed by atoms with van der Waals surface area (Å²) in [5.74, 6) is 0. The summed E-state index contributed by atoms with van der Waals surface area (Å²) >= 11 is 12.2. The minimum absolute atomic E-state index is 0.735. The fourth-order valence-electron chi connectivity index (χ4n) is 3.28. The summed E-state index contributed by atoms with van der Waals surface area (Å²) in [7, 11) is 0. The monoisotopic (exact) mass is 324 g/mol. The maximum atomic E-state index is 6.14. The molecule has 0 spiro atoms. The van der Waals surface area contributed by atoms with Gasteiger partial charge in [0.1, 0.15) is 0 Å². The van der Waals surface area contributed by atoms with E-state index in [1.54, 1.807) is 0 Å². The molecule has 5 aromatic rings. The van der Waals surface area contributed by atoms with Gasteiger partial charge in [0.15, 0.2) is 0 Å². The second kappa shape index (κ2) is 4.19. The molecule has 0 unspecified atom stereocenters. The van der Waals surface area contributed by atoms with Crippen LogP contribution in [0.5, 0.6) is 0 Å². The van der Waals surface area contributed by atoms with E-state index in [-0.39, 0.29) is 0 Å². The predicted octanol–water partition coefficient (Wildman–Crippen LogP) is 6.26. The first-order valence-electron chi connectivity index (χ1n) is 7.01. The molecule has 0 aliphatic heterocycles. The van der Waals surface area contributed by atoms with Crippen LogP contribution in [0.3, 0.4) is 0 Å². The van der Waals surface area contributed by atoms with Gasteiger partial charge >= 0.3 is 0 Å². The van der Waals surface area contributed by atoms with Gasteiger partial charge in [-0.05, 0) is 30.3 Å². The van der Waals surface area contributed by atoms with Crippen molar-refractivity contribution in [1.29, 1.82) is 0 Å². The Hall–Kier alpha value is -2.16. The van der Waals surface area contributed by atoms with E-state index in [1.807, 2.05) is 30.3 Å². The number of H-pyrrole nitrogens is 2. The SMILES string of the molecule is Clc1ccc2c(c1)[nH]c1c2ccc2c3cc(Cl)ccc3[nH]c21. The predicted molar refractivity (Wildman–Crippen MR) is 95.2 cm³/mol. The number of hydrogen-bond acceptors (Lipinski definition) is 0. The molecule has 0 atom stereocenters. The van der Waals surface area contributed by atoms with Gasteiger partial charge in [-0.25, -0.2) is 0 Å². The van der Waals surface area contributed by atoms with Crippen molar-refractivity contribution >= 4 is 66.8 Å². The summed E-state index contributed by atoms with van der Waals surface area (Å²) in [6.07, 6.45) is 0. The highest BCUT2D eigenvalue weighted by Crippen LogP contribution is 2.35. The maximum absolute atomic E-state index is 6.14. The van der Waals surface area contributed by atoms with Crippen LogP contribution in [0, 0.1) is 0 Å². The summed E-state index contributed by atoms with van der Waals surface area (Å²) in [6, 6.07) is 16.2. The van der Waals surface area contributed by atoms with Gasteiger partial charge in [-0.2, -0.15) is 0 Å². The zero-order valence-corrected chi connectivity index (χ0v) is 12.9. The Morgan fingerprint density at radius 2 is 1.14 bits per heavy atom. The van der Waals surface area contributed by atoms with Crippen molar-refractivity contribution in [3.63, 3.8) is 0 Å². The molecule has 0 saturated carbocycles. The number of aromatic amines is 2. The Morgan fingerprint density at radius 1 is 0.545 bits per heavy atom. The van der Waals surface area contributed by atoms with Crippen molar-refractivity contribution < 1.29 is 0 Å². The van der Waals surface area contributed by atoms with Gasteiger partial charge in [0.05, 0.1) is 11.0 Å². The van der Waals surface area contributed by atoms with Crippen LogP contribution in [0.2, 0.25) is 10.0 Å². The summed E-state index contributed by atoms with van der Waals surface area (Å²) in [4.78, 5) is 6.99. The minimum atomic E-state index is 0.735. The van der Waals surface area contributed by atoms with Gasteiger partial charge in [-0.15, -0.1) is 0 Å². The summed E-state index contributed by atoms with van der Waals surface area (Å²) in [5, 5.41) is 6.16. The van der Waals surface area contributed by atoms with Crippen molar-refractivity contribution in [2.75, 3.05) is 0 Å². The topological polar surface area (TPSA) is 31.6 Å². The summed E-state index contributed by atoms with van der Waals surface area (Å²) < 4.78 is 0. The van der Waals surface area contributed by atoms with Gasteiger partial charge in [-0.3, -0.25) is 0 Å². The van der Waals surface area contributed by atoms with E-state index in [2.05, 4.69) is 28.2 Å². The Bertz CT molecular complexity index is 1200. The molecule has 4 heteroatoms. The second-order valence-electron chi connectivity index (χ2n) is 5.54. The number of rotatable bonds is 0. The van der Waals surface area contributed by atoms with Crippen molar-refractivity contribution in [1.82, 2.24) is 9.97 Å². The van der Waals surface area contributed by atoms with Crippen LogP contribution in [0.1, 0.15) is 0 Å². The third-order valence-electron chi connectivity index (χ3n) is 4.27. The highest BCUT2D eigenvalue weighted by Gasteiger charge is 2.12. The summed E-state index contributed by atoms with van der Waals surface area (Å²) in [5.41, 5.74) is 4.33. The van der Waals surface area contributed by atoms with Crippen LogP contribution >= 0.6 is 23.2 Å². The molecule has 22 heavy (non-hydrogen) atoms. The van der Waals surface area contributed by atoms with Gasteiger partial charge < -0.3 is 9.97 Å². The van der Waals surface area contributed by atoms with E-state index in [0.29, 0.717) is 0 Å². The average molecular weight is 325 g/mol. The smallest absolute Gasteiger partial charge is 0.0710 e. The molecule has 0 fully saturated rings. The molecule has 2 N–H and O–H groups in total. The van der Waals surface area contributed by atoms with Crippen LogP contribution in [-0.2, 0) is 0 Å². The van der Waals surface area contributed by atoms with Crippen LogP contribution in [0.15, 0.2) is 48.5 Å². The fourth-order valence-corrected chi connectivity index (χ4v) is 3.63. The van der Waals surface area contributed by atoms with Crippen molar-refractivity contribution in [2.45, 2.75) is 0 Å². The Kier molecular flexibility index (Phi) is 2.36. The van der Waals surface area contributed by atoms with E-state index in [4.69, 9.17) is 23.2 Å². The van der Waals surface area contributed by atoms with Gasteiger partial charge in [-0.1, -0.05) is 41.4 Å². The lowest BCUT2D eigenvalue weighted by atomic mass is 10.1. The molecule has 0 saturated heterocycles. The van der Waals surface area contributed by atoms with Crippen molar-refractivity contribution in [2.24, 2.45) is 0 Å². The Morgan fingerprint density at radius 3 is 1.95 bits per heavy atom. The Labute approximate surface area is 135 Å². The Balaban J connectivity index is 2.02. The van der Waals surface area contributed by atoms with E-state index in [0.717, 1.165) is 37.5 Å².